The molecule has 0 aliphatic heterocycles. The summed E-state index contributed by atoms with van der Waals surface area (Å²) in [6.45, 7) is 0. The molecule has 0 heterocycles. The lowest BCUT2D eigenvalue weighted by molar-refractivity contribution is -0.138. The molecule has 2 radical (unpaired) electrons. The van der Waals surface area contributed by atoms with Gasteiger partial charge in [-0.2, -0.15) is 13.2 Å². The minimum absolute atomic E-state index is 0.231. The average molecular weight is 220 g/mol. The van der Waals surface area contributed by atoms with E-state index in [1.165, 1.54) is 0 Å². The predicted octanol–water partition coefficient (Wildman–Crippen LogP) is 1.11. The van der Waals surface area contributed by atoms with Gasteiger partial charge in [0.1, 0.15) is 11.5 Å². The Balaban J connectivity index is 3.30. The van der Waals surface area contributed by atoms with Gasteiger partial charge in [-0.3, -0.25) is 0 Å². The van der Waals surface area contributed by atoms with Crippen molar-refractivity contribution in [3.05, 3.63) is 35.1 Å². The number of halogens is 4. The van der Waals surface area contributed by atoms with Crippen LogP contribution in [0.3, 0.4) is 0 Å². The first kappa shape index (κ1) is 12.0. The van der Waals surface area contributed by atoms with Crippen LogP contribution < -0.4 is 0 Å². The highest BCUT2D eigenvalue weighted by molar-refractivity contribution is 6.13. The molecule has 1 rings (SSSR count). The van der Waals surface area contributed by atoms with Crippen molar-refractivity contribution >= 4 is 7.85 Å². The van der Waals surface area contributed by atoms with Crippen LogP contribution in [0.15, 0.2) is 18.2 Å². The van der Waals surface area contributed by atoms with Gasteiger partial charge in [0.05, 0.1) is 5.56 Å². The third-order valence-corrected chi connectivity index (χ3v) is 1.65. The van der Waals surface area contributed by atoms with Crippen LogP contribution in [0.25, 0.3) is 0 Å². The highest BCUT2D eigenvalue weighted by Crippen LogP contribution is 2.31. The smallest absolute Gasteiger partial charge is 0.371 e. The molecule has 0 saturated carbocycles. The lowest BCUT2D eigenvalue weighted by Gasteiger charge is -2.18. The number of benzene rings is 1. The van der Waals surface area contributed by atoms with Gasteiger partial charge >= 0.3 is 6.18 Å². The van der Waals surface area contributed by atoms with E-state index in [4.69, 9.17) is 18.1 Å². The van der Waals surface area contributed by atoms with Crippen molar-refractivity contribution in [3.8, 4) is 0 Å². The second-order valence-corrected chi connectivity index (χ2v) is 2.95. The number of alkyl halides is 3. The lowest BCUT2D eigenvalue weighted by atomic mass is 9.86. The highest BCUT2D eigenvalue weighted by atomic mass is 19.4. The van der Waals surface area contributed by atoms with Crippen LogP contribution in [0.5, 0.6) is 0 Å². The molecule has 2 N–H and O–H groups in total. The zero-order chi connectivity index (χ0) is 11.9. The number of hydrogen-bond acceptors (Lipinski definition) is 2. The molecule has 0 aliphatic carbocycles. The maximum Gasteiger partial charge on any atom is 0.416 e. The molecule has 0 aliphatic rings. The van der Waals surface area contributed by atoms with E-state index in [0.29, 0.717) is 12.1 Å². The van der Waals surface area contributed by atoms with E-state index < -0.39 is 28.8 Å². The summed E-state index contributed by atoms with van der Waals surface area (Å²) < 4.78 is 49.2. The van der Waals surface area contributed by atoms with Crippen molar-refractivity contribution in [1.29, 1.82) is 0 Å². The van der Waals surface area contributed by atoms with Gasteiger partial charge in [-0.15, -0.1) is 0 Å². The monoisotopic (exact) mass is 220 g/mol. The summed E-state index contributed by atoms with van der Waals surface area (Å²) in [6, 6.07) is 1.10. The van der Waals surface area contributed by atoms with Gasteiger partial charge in [-0.05, 0) is 18.2 Å². The molecule has 1 aromatic carbocycles. The van der Waals surface area contributed by atoms with Gasteiger partial charge < -0.3 is 10.2 Å². The van der Waals surface area contributed by atoms with Crippen molar-refractivity contribution in [3.63, 3.8) is 0 Å². The first-order valence-corrected chi connectivity index (χ1v) is 3.72. The fraction of sp³-hybridized carbons (Fsp3) is 0.250. The van der Waals surface area contributed by atoms with Crippen molar-refractivity contribution in [1.82, 2.24) is 0 Å². The van der Waals surface area contributed by atoms with E-state index in [2.05, 4.69) is 0 Å². The largest absolute Gasteiger partial charge is 0.416 e. The Kier molecular flexibility index (Phi) is 2.80. The topological polar surface area (TPSA) is 40.5 Å². The number of hydrogen-bond donors (Lipinski definition) is 2. The molecule has 0 unspecified atom stereocenters. The molecule has 7 heteroatoms. The molecule has 0 spiro atoms. The van der Waals surface area contributed by atoms with Gasteiger partial charge in [0.15, 0.2) is 7.85 Å². The van der Waals surface area contributed by atoms with Crippen LogP contribution in [0.4, 0.5) is 17.6 Å². The molecule has 0 bridgehead atoms. The van der Waals surface area contributed by atoms with Gasteiger partial charge in [-0.1, -0.05) is 0 Å². The third-order valence-electron chi connectivity index (χ3n) is 1.65. The molecule has 0 amide bonds. The summed E-state index contributed by atoms with van der Waals surface area (Å²) in [5.41, 5.74) is -5.10. The molecule has 0 fully saturated rings. The molecule has 2 nitrogen and oxygen atoms in total. The van der Waals surface area contributed by atoms with E-state index in [1.54, 1.807) is 0 Å². The minimum Gasteiger partial charge on any atom is -0.371 e. The summed E-state index contributed by atoms with van der Waals surface area (Å²) in [7, 11) is 4.71. The summed E-state index contributed by atoms with van der Waals surface area (Å²) >= 11 is 0. The molecule has 1 aromatic rings. The predicted molar refractivity (Wildman–Crippen MR) is 43.3 cm³/mol. The molecule has 0 atom stereocenters. The minimum atomic E-state index is -4.78. The Bertz CT molecular complexity index is 338. The average Bonchev–Trinajstić information content (AvgIpc) is 1.99. The van der Waals surface area contributed by atoms with Crippen LogP contribution >= 0.6 is 0 Å². The maximum absolute atomic E-state index is 12.7. The van der Waals surface area contributed by atoms with Crippen LogP contribution in [-0.4, -0.2) is 18.1 Å². The highest BCUT2D eigenvalue weighted by Gasteiger charge is 2.33. The fourth-order valence-electron chi connectivity index (χ4n) is 0.966. The first-order valence-electron chi connectivity index (χ1n) is 3.72. The van der Waals surface area contributed by atoms with E-state index in [9.17, 15) is 17.6 Å². The van der Waals surface area contributed by atoms with Crippen molar-refractivity contribution in [2.24, 2.45) is 0 Å². The van der Waals surface area contributed by atoms with Crippen LogP contribution in [0.1, 0.15) is 11.1 Å². The molecular weight excluding hydrogens is 215 g/mol. The number of aliphatic hydroxyl groups is 2. The van der Waals surface area contributed by atoms with E-state index in [-0.39, 0.29) is 6.07 Å². The van der Waals surface area contributed by atoms with Crippen LogP contribution in [0.2, 0.25) is 0 Å². The molecule has 15 heavy (non-hydrogen) atoms. The zero-order valence-electron chi connectivity index (χ0n) is 7.22. The van der Waals surface area contributed by atoms with Gasteiger partial charge in [-0.25, -0.2) is 4.39 Å². The molecule has 0 aromatic heterocycles. The molecular formula is C8H5BF4O2. The fourth-order valence-corrected chi connectivity index (χ4v) is 0.966. The second kappa shape index (κ2) is 3.50. The summed E-state index contributed by atoms with van der Waals surface area (Å²) in [4.78, 5) is 0. The second-order valence-electron chi connectivity index (χ2n) is 2.95. The Labute approximate surface area is 83.6 Å². The Hall–Kier alpha value is -1.08. The quantitative estimate of drug-likeness (QED) is 0.422. The normalized spacial score (nSPS) is 12.9. The van der Waals surface area contributed by atoms with Gasteiger partial charge in [0, 0.05) is 5.56 Å². The summed E-state index contributed by atoms with van der Waals surface area (Å²) in [5, 5.41) is 17.6. The maximum atomic E-state index is 12.7. The molecule has 0 saturated heterocycles. The third kappa shape index (κ3) is 2.94. The summed E-state index contributed by atoms with van der Waals surface area (Å²) in [6.07, 6.45) is -4.78. The van der Waals surface area contributed by atoms with Crippen LogP contribution in [-0.2, 0) is 11.9 Å². The van der Waals surface area contributed by atoms with Crippen molar-refractivity contribution in [2.75, 3.05) is 0 Å². The molecule has 80 valence electrons. The SMILES string of the molecule is [B]C(O)(O)c1cc(F)cc(C(F)(F)F)c1. The number of rotatable bonds is 1. The van der Waals surface area contributed by atoms with Crippen molar-refractivity contribution in [2.45, 2.75) is 11.9 Å². The standard InChI is InChI=1S/C8H5BF4O2/c9-7(14,15)4-1-5(8(11,12)13)3-6(10)2-4/h1-3,14-15H. The first-order chi connectivity index (χ1) is 6.60. The Morgan fingerprint density at radius 2 is 1.47 bits per heavy atom. The van der Waals surface area contributed by atoms with Crippen LogP contribution in [0, 0.1) is 5.82 Å². The Morgan fingerprint density at radius 3 is 1.87 bits per heavy atom. The van der Waals surface area contributed by atoms with E-state index in [0.717, 1.165) is 0 Å². The van der Waals surface area contributed by atoms with E-state index in [1.807, 2.05) is 0 Å². The van der Waals surface area contributed by atoms with Crippen molar-refractivity contribution < 1.29 is 27.8 Å². The Morgan fingerprint density at radius 1 is 1.00 bits per heavy atom. The summed E-state index contributed by atoms with van der Waals surface area (Å²) in [5.74, 6) is -1.25. The lowest BCUT2D eigenvalue weighted by Crippen LogP contribution is -2.25. The zero-order valence-corrected chi connectivity index (χ0v) is 7.22. The van der Waals surface area contributed by atoms with Gasteiger partial charge in [0.2, 0.25) is 0 Å². The van der Waals surface area contributed by atoms with Gasteiger partial charge in [0.25, 0.3) is 0 Å². The van der Waals surface area contributed by atoms with E-state index >= 15 is 0 Å².